The van der Waals surface area contributed by atoms with Gasteiger partial charge in [0.05, 0.1) is 0 Å². The number of piperidine rings is 1. The zero-order chi connectivity index (χ0) is 21.0. The number of hydrogen-bond acceptors (Lipinski definition) is 4. The van der Waals surface area contributed by atoms with Crippen molar-refractivity contribution in [1.29, 1.82) is 0 Å². The van der Waals surface area contributed by atoms with Crippen molar-refractivity contribution in [2.75, 3.05) is 20.1 Å². The number of likely N-dealkylation sites (N-methyl/N-ethyl adjacent to an activating group) is 1. The number of nitrogens with zero attached hydrogens (tertiary/aromatic N) is 1. The van der Waals surface area contributed by atoms with Crippen LogP contribution in [0.25, 0.3) is 0 Å². The topological polar surface area (TPSA) is 49.8 Å². The number of hydrogen-bond donors (Lipinski definition) is 1. The van der Waals surface area contributed by atoms with Gasteiger partial charge in [0.2, 0.25) is 0 Å². The fraction of sp³-hybridized carbons (Fsp3) is 0.870. The third-order valence-corrected chi connectivity index (χ3v) is 20.4. The minimum atomic E-state index is -2.39. The average Bonchev–Trinajstić information content (AvgIpc) is 2.66. The first-order valence-electron chi connectivity index (χ1n) is 11.6. The Morgan fingerprint density at radius 1 is 1.14 bits per heavy atom. The summed E-state index contributed by atoms with van der Waals surface area (Å²) in [4.78, 5) is 13.7. The zero-order valence-corrected chi connectivity index (χ0v) is 21.9. The predicted octanol–water partition coefficient (Wildman–Crippen LogP) is 5.18. The second-order valence-electron chi connectivity index (χ2n) is 8.89. The van der Waals surface area contributed by atoms with Crippen LogP contribution in [0.15, 0.2) is 10.2 Å². The molecule has 1 aliphatic rings. The number of rotatable bonds is 13. The van der Waals surface area contributed by atoms with Gasteiger partial charge in [-0.1, -0.05) is 0 Å². The minimum absolute atomic E-state index is 0.0175. The Kier molecular flexibility index (Phi) is 13.0. The van der Waals surface area contributed by atoms with E-state index in [1.54, 1.807) is 0 Å². The van der Waals surface area contributed by atoms with Crippen molar-refractivity contribution in [3.05, 3.63) is 10.2 Å². The van der Waals surface area contributed by atoms with Crippen molar-refractivity contribution in [3.63, 3.8) is 0 Å². The Bertz CT molecular complexity index is 447. The van der Waals surface area contributed by atoms with Crippen LogP contribution in [0.5, 0.6) is 0 Å². The van der Waals surface area contributed by atoms with Crippen LogP contribution in [0.4, 0.5) is 0 Å². The fourth-order valence-corrected chi connectivity index (χ4v) is 18.8. The molecule has 1 N–H and O–H groups in total. The summed E-state index contributed by atoms with van der Waals surface area (Å²) in [6, 6.07) is 0. The molecule has 1 heterocycles. The van der Waals surface area contributed by atoms with Crippen LogP contribution in [-0.2, 0) is 9.53 Å². The summed E-state index contributed by atoms with van der Waals surface area (Å²) < 4.78 is 12.3. The Balaban J connectivity index is 2.94. The molecule has 3 atom stereocenters. The molecule has 3 unspecified atom stereocenters. The maximum absolute atomic E-state index is 11.5. The second-order valence-corrected chi connectivity index (χ2v) is 21.9. The van der Waals surface area contributed by atoms with Gasteiger partial charge < -0.3 is 0 Å². The Hall–Kier alpha value is -0.0713. The number of aliphatic hydroxyl groups excluding tert-OH is 1. The Morgan fingerprint density at radius 2 is 1.68 bits per heavy atom. The number of aliphatic hydroxyl groups is 1. The van der Waals surface area contributed by atoms with E-state index in [2.05, 4.69) is 42.9 Å². The molecule has 0 amide bonds. The van der Waals surface area contributed by atoms with Gasteiger partial charge in [-0.3, -0.25) is 0 Å². The van der Waals surface area contributed by atoms with Gasteiger partial charge in [-0.15, -0.1) is 0 Å². The van der Waals surface area contributed by atoms with Gasteiger partial charge >= 0.3 is 178 Å². The van der Waals surface area contributed by atoms with Gasteiger partial charge in [-0.05, 0) is 0 Å². The number of carbonyl (C=O) groups is 1. The standard InChI is InChI=1S/C11H18NO3.3C4H9.Sn/c1-4-10(14)9-5-6-12(3)7-11(9)15-8(2)13;3*1-3-4-2;/h1,4,9-11,14H,5-7H2,2-3H3;3*1,3-4H2,2H3;. The Morgan fingerprint density at radius 3 is 2.14 bits per heavy atom. The number of carbonyl (C=O) groups excluding carboxylic acids is 1. The van der Waals surface area contributed by atoms with Gasteiger partial charge in [-0.25, -0.2) is 0 Å². The molecule has 1 rings (SSSR count). The van der Waals surface area contributed by atoms with E-state index in [9.17, 15) is 9.90 Å². The summed E-state index contributed by atoms with van der Waals surface area (Å²) in [5, 5.41) is 11.0. The molecular formula is C23H45NO3Sn. The van der Waals surface area contributed by atoms with Gasteiger partial charge in [0.15, 0.2) is 0 Å². The molecule has 1 saturated heterocycles. The van der Waals surface area contributed by atoms with Crippen LogP contribution in [0.1, 0.15) is 72.6 Å². The van der Waals surface area contributed by atoms with Crippen molar-refractivity contribution >= 4 is 24.3 Å². The molecular weight excluding hydrogens is 457 g/mol. The van der Waals surface area contributed by atoms with E-state index in [4.69, 9.17) is 4.74 Å². The van der Waals surface area contributed by atoms with E-state index in [1.165, 1.54) is 58.8 Å². The van der Waals surface area contributed by atoms with Gasteiger partial charge in [0.1, 0.15) is 0 Å². The van der Waals surface area contributed by atoms with Crippen molar-refractivity contribution < 1.29 is 14.6 Å². The summed E-state index contributed by atoms with van der Waals surface area (Å²) >= 11 is -2.39. The molecule has 0 aromatic carbocycles. The summed E-state index contributed by atoms with van der Waals surface area (Å²) in [6.07, 6.45) is 10.1. The van der Waals surface area contributed by atoms with E-state index >= 15 is 0 Å². The van der Waals surface area contributed by atoms with E-state index in [0.717, 1.165) is 13.0 Å². The third-order valence-electron chi connectivity index (χ3n) is 6.30. The molecule has 1 fully saturated rings. The van der Waals surface area contributed by atoms with Crippen LogP contribution in [-0.4, -0.2) is 66.7 Å². The molecule has 1 aliphatic heterocycles. The molecule has 0 bridgehead atoms. The molecule has 164 valence electrons. The molecule has 0 saturated carbocycles. The molecule has 0 aromatic rings. The van der Waals surface area contributed by atoms with Crippen LogP contribution in [0.2, 0.25) is 13.3 Å². The summed E-state index contributed by atoms with van der Waals surface area (Å²) in [7, 11) is 2.05. The van der Waals surface area contributed by atoms with Crippen molar-refractivity contribution in [2.24, 2.45) is 5.92 Å². The SMILES string of the molecule is CCC[CH2][Sn]([CH]=CC(O)C1CCN(C)CC1OC(C)=O)([CH2]CCC)[CH2]CCC. The average molecular weight is 502 g/mol. The van der Waals surface area contributed by atoms with Crippen LogP contribution in [0.3, 0.4) is 0 Å². The van der Waals surface area contributed by atoms with Gasteiger partial charge in [0.25, 0.3) is 0 Å². The Labute approximate surface area is 178 Å². The summed E-state index contributed by atoms with van der Waals surface area (Å²) in [5.41, 5.74) is 0. The molecule has 0 aromatic heterocycles. The van der Waals surface area contributed by atoms with Crippen LogP contribution >= 0.6 is 0 Å². The first-order chi connectivity index (χ1) is 13.4. The zero-order valence-electron chi connectivity index (χ0n) is 19.1. The molecule has 0 radical (unpaired) electrons. The van der Waals surface area contributed by atoms with Crippen LogP contribution in [0, 0.1) is 5.92 Å². The van der Waals surface area contributed by atoms with E-state index < -0.39 is 24.5 Å². The summed E-state index contributed by atoms with van der Waals surface area (Å²) in [6.45, 7) is 10.00. The van der Waals surface area contributed by atoms with Gasteiger partial charge in [-0.2, -0.15) is 0 Å². The number of unbranched alkanes of at least 4 members (excludes halogenated alkanes) is 3. The van der Waals surface area contributed by atoms with E-state index in [-0.39, 0.29) is 18.0 Å². The third kappa shape index (κ3) is 9.17. The monoisotopic (exact) mass is 503 g/mol. The number of esters is 1. The van der Waals surface area contributed by atoms with Crippen molar-refractivity contribution in [3.8, 4) is 0 Å². The number of likely N-dealkylation sites (tertiary alicyclic amines) is 1. The van der Waals surface area contributed by atoms with Crippen molar-refractivity contribution in [2.45, 2.75) is 98.2 Å². The van der Waals surface area contributed by atoms with Crippen LogP contribution < -0.4 is 0 Å². The van der Waals surface area contributed by atoms with E-state index in [0.29, 0.717) is 6.54 Å². The normalized spacial score (nSPS) is 22.5. The quantitative estimate of drug-likeness (QED) is 0.279. The van der Waals surface area contributed by atoms with Crippen molar-refractivity contribution in [1.82, 2.24) is 4.90 Å². The molecule has 0 spiro atoms. The first-order valence-corrected chi connectivity index (χ1v) is 19.3. The predicted molar refractivity (Wildman–Crippen MR) is 121 cm³/mol. The van der Waals surface area contributed by atoms with E-state index in [1.807, 2.05) is 0 Å². The number of ether oxygens (including phenoxy) is 1. The molecule has 5 heteroatoms. The molecule has 4 nitrogen and oxygen atoms in total. The first kappa shape index (κ1) is 26.0. The fourth-order valence-electron chi connectivity index (χ4n) is 4.47. The second kappa shape index (κ2) is 14.0. The maximum atomic E-state index is 11.5. The molecule has 0 aliphatic carbocycles. The summed E-state index contributed by atoms with van der Waals surface area (Å²) in [5.74, 6) is -0.229. The van der Waals surface area contributed by atoms with Gasteiger partial charge in [0, 0.05) is 0 Å². The molecule has 28 heavy (non-hydrogen) atoms.